The Hall–Kier alpha value is -1.52. The van der Waals surface area contributed by atoms with Gasteiger partial charge < -0.3 is 4.74 Å². The molecule has 0 N–H and O–H groups in total. The largest absolute Gasteiger partial charge is 0.497 e. The van der Waals surface area contributed by atoms with Gasteiger partial charge in [0, 0.05) is 10.9 Å². The van der Waals surface area contributed by atoms with Crippen LogP contribution in [0.1, 0.15) is 5.69 Å². The molecular weight excluding hydrogens is 268 g/mol. The maximum atomic E-state index is 5.94. The smallest absolute Gasteiger partial charge is 0.194 e. The highest BCUT2D eigenvalue weighted by Crippen LogP contribution is 2.29. The van der Waals surface area contributed by atoms with Gasteiger partial charge >= 0.3 is 0 Å². The third-order valence-corrected chi connectivity index (χ3v) is 3.94. The lowest BCUT2D eigenvalue weighted by Crippen LogP contribution is -1.91. The second kappa shape index (κ2) is 4.63. The number of alkyl halides is 1. The normalized spacial score (nSPS) is 11.0. The summed E-state index contributed by atoms with van der Waals surface area (Å²) in [4.78, 5) is 5.31. The van der Waals surface area contributed by atoms with Gasteiger partial charge in [-0.2, -0.15) is 0 Å². The van der Waals surface area contributed by atoms with Crippen LogP contribution in [0, 0.1) is 0 Å². The van der Waals surface area contributed by atoms with Crippen LogP contribution in [0.15, 0.2) is 35.8 Å². The number of hydrogen-bond acceptors (Lipinski definition) is 3. The summed E-state index contributed by atoms with van der Waals surface area (Å²) >= 11 is 7.55. The number of hydrogen-bond donors (Lipinski definition) is 0. The van der Waals surface area contributed by atoms with E-state index in [4.69, 9.17) is 16.3 Å². The molecule has 0 aliphatic carbocycles. The molecule has 0 aliphatic heterocycles. The number of benzene rings is 1. The average Bonchev–Trinajstić information content (AvgIpc) is 2.99. The van der Waals surface area contributed by atoms with Crippen LogP contribution in [-0.2, 0) is 5.88 Å². The summed E-state index contributed by atoms with van der Waals surface area (Å²) in [6, 6.07) is 7.99. The molecule has 2 aromatic heterocycles. The van der Waals surface area contributed by atoms with Crippen LogP contribution in [0.3, 0.4) is 0 Å². The lowest BCUT2D eigenvalue weighted by Gasteiger charge is -2.05. The van der Waals surface area contributed by atoms with Crippen molar-refractivity contribution in [3.63, 3.8) is 0 Å². The van der Waals surface area contributed by atoms with Gasteiger partial charge in [0.2, 0.25) is 0 Å². The van der Waals surface area contributed by atoms with E-state index in [9.17, 15) is 0 Å². The van der Waals surface area contributed by atoms with Crippen molar-refractivity contribution < 1.29 is 4.74 Å². The standard InChI is InChI=1S/C13H11ClN2OS/c1-17-11-4-2-3-9(5-11)12-8-18-13-15-7-10(6-14)16(12)13/h2-5,7-8H,6H2,1H3. The van der Waals surface area contributed by atoms with E-state index in [2.05, 4.69) is 20.8 Å². The molecule has 0 bridgehead atoms. The third kappa shape index (κ3) is 1.78. The minimum absolute atomic E-state index is 0.453. The van der Waals surface area contributed by atoms with Crippen LogP contribution >= 0.6 is 22.9 Å². The van der Waals surface area contributed by atoms with Crippen molar-refractivity contribution in [3.8, 4) is 17.0 Å². The zero-order valence-corrected chi connectivity index (χ0v) is 11.3. The first-order chi connectivity index (χ1) is 8.83. The molecule has 0 fully saturated rings. The Kier molecular flexibility index (Phi) is 2.97. The molecule has 0 spiro atoms. The van der Waals surface area contributed by atoms with Crippen LogP contribution < -0.4 is 4.74 Å². The van der Waals surface area contributed by atoms with Crippen molar-refractivity contribution in [2.45, 2.75) is 5.88 Å². The van der Waals surface area contributed by atoms with Gasteiger partial charge in [-0.25, -0.2) is 4.98 Å². The van der Waals surface area contributed by atoms with Crippen molar-refractivity contribution in [1.82, 2.24) is 9.38 Å². The number of methoxy groups -OCH3 is 1. The molecule has 1 aromatic carbocycles. The van der Waals surface area contributed by atoms with Gasteiger partial charge in [-0.05, 0) is 12.1 Å². The summed E-state index contributed by atoms with van der Waals surface area (Å²) in [6.45, 7) is 0. The molecule has 3 nitrogen and oxygen atoms in total. The Morgan fingerprint density at radius 2 is 2.33 bits per heavy atom. The number of fused-ring (bicyclic) bond motifs is 1. The van der Waals surface area contributed by atoms with Crippen molar-refractivity contribution >= 4 is 27.9 Å². The molecule has 0 amide bonds. The van der Waals surface area contributed by atoms with Crippen LogP contribution in [-0.4, -0.2) is 16.5 Å². The highest BCUT2D eigenvalue weighted by molar-refractivity contribution is 7.15. The second-order valence-electron chi connectivity index (χ2n) is 3.85. The molecule has 0 saturated carbocycles. The Morgan fingerprint density at radius 1 is 1.44 bits per heavy atom. The highest BCUT2D eigenvalue weighted by atomic mass is 35.5. The number of thiazole rings is 1. The van der Waals surface area contributed by atoms with Gasteiger partial charge in [-0.15, -0.1) is 22.9 Å². The van der Waals surface area contributed by atoms with Gasteiger partial charge in [0.1, 0.15) is 5.75 Å². The molecule has 3 rings (SSSR count). The predicted octanol–water partition coefficient (Wildman–Crippen LogP) is 3.81. The summed E-state index contributed by atoms with van der Waals surface area (Å²) in [6.07, 6.45) is 1.82. The van der Waals surface area contributed by atoms with Crippen LogP contribution in [0.4, 0.5) is 0 Å². The maximum Gasteiger partial charge on any atom is 0.194 e. The molecule has 0 atom stereocenters. The number of nitrogens with zero attached hydrogens (tertiary/aromatic N) is 2. The number of imidazole rings is 1. The summed E-state index contributed by atoms with van der Waals surface area (Å²) in [5.41, 5.74) is 3.21. The molecular formula is C13H11ClN2OS. The first-order valence-corrected chi connectivity index (χ1v) is 6.89. The number of aromatic nitrogens is 2. The van der Waals surface area contributed by atoms with Gasteiger partial charge in [-0.3, -0.25) is 4.40 Å². The number of ether oxygens (including phenoxy) is 1. The van der Waals surface area contributed by atoms with E-state index in [0.717, 1.165) is 27.7 Å². The SMILES string of the molecule is COc1cccc(-c2csc3ncc(CCl)n23)c1. The lowest BCUT2D eigenvalue weighted by molar-refractivity contribution is 0.415. The monoisotopic (exact) mass is 278 g/mol. The fourth-order valence-electron chi connectivity index (χ4n) is 1.94. The van der Waals surface area contributed by atoms with Gasteiger partial charge in [0.05, 0.1) is 30.6 Å². The fourth-order valence-corrected chi connectivity index (χ4v) is 3.03. The molecule has 0 aliphatic rings. The second-order valence-corrected chi connectivity index (χ2v) is 4.96. The maximum absolute atomic E-state index is 5.94. The van der Waals surface area contributed by atoms with Gasteiger partial charge in [0.25, 0.3) is 0 Å². The van der Waals surface area contributed by atoms with E-state index in [1.807, 2.05) is 24.4 Å². The number of rotatable bonds is 3. The predicted molar refractivity (Wildman–Crippen MR) is 74.6 cm³/mol. The highest BCUT2D eigenvalue weighted by Gasteiger charge is 2.11. The fraction of sp³-hybridized carbons (Fsp3) is 0.154. The van der Waals surface area contributed by atoms with Crippen molar-refractivity contribution in [3.05, 3.63) is 41.5 Å². The van der Waals surface area contributed by atoms with E-state index < -0.39 is 0 Å². The van der Waals surface area contributed by atoms with Crippen molar-refractivity contribution in [2.24, 2.45) is 0 Å². The van der Waals surface area contributed by atoms with Gasteiger partial charge in [-0.1, -0.05) is 12.1 Å². The Balaban J connectivity index is 2.21. The van der Waals surface area contributed by atoms with Crippen LogP contribution in [0.5, 0.6) is 5.75 Å². The van der Waals surface area contributed by atoms with Crippen molar-refractivity contribution in [2.75, 3.05) is 7.11 Å². The van der Waals surface area contributed by atoms with Crippen LogP contribution in [0.2, 0.25) is 0 Å². The molecule has 0 radical (unpaired) electrons. The lowest BCUT2D eigenvalue weighted by atomic mass is 10.1. The summed E-state index contributed by atoms with van der Waals surface area (Å²) in [5, 5.41) is 2.09. The Morgan fingerprint density at radius 3 is 3.11 bits per heavy atom. The third-order valence-electron chi connectivity index (χ3n) is 2.82. The Bertz CT molecular complexity index is 689. The molecule has 3 aromatic rings. The minimum atomic E-state index is 0.453. The van der Waals surface area contributed by atoms with E-state index in [1.165, 1.54) is 0 Å². The molecule has 0 saturated heterocycles. The quantitative estimate of drug-likeness (QED) is 0.681. The minimum Gasteiger partial charge on any atom is -0.497 e. The van der Waals surface area contributed by atoms with Crippen LogP contribution in [0.25, 0.3) is 16.2 Å². The first-order valence-electron chi connectivity index (χ1n) is 5.47. The number of halogens is 1. The Labute approximate surface area is 114 Å². The summed E-state index contributed by atoms with van der Waals surface area (Å²) in [5.74, 6) is 1.30. The summed E-state index contributed by atoms with van der Waals surface area (Å²) < 4.78 is 7.35. The van der Waals surface area contributed by atoms with E-state index in [0.29, 0.717) is 5.88 Å². The van der Waals surface area contributed by atoms with E-state index in [1.54, 1.807) is 18.4 Å². The molecule has 18 heavy (non-hydrogen) atoms. The topological polar surface area (TPSA) is 26.5 Å². The zero-order chi connectivity index (χ0) is 12.5. The van der Waals surface area contributed by atoms with Crippen molar-refractivity contribution in [1.29, 1.82) is 0 Å². The van der Waals surface area contributed by atoms with E-state index in [-0.39, 0.29) is 0 Å². The zero-order valence-electron chi connectivity index (χ0n) is 9.76. The molecule has 5 heteroatoms. The first kappa shape index (κ1) is 11.6. The molecule has 0 unspecified atom stereocenters. The van der Waals surface area contributed by atoms with E-state index >= 15 is 0 Å². The summed E-state index contributed by atoms with van der Waals surface area (Å²) in [7, 11) is 1.67. The molecule has 2 heterocycles. The van der Waals surface area contributed by atoms with Gasteiger partial charge in [0.15, 0.2) is 4.96 Å². The average molecular weight is 279 g/mol. The molecule has 92 valence electrons.